The van der Waals surface area contributed by atoms with Crippen LogP contribution in [0.5, 0.6) is 0 Å². The van der Waals surface area contributed by atoms with E-state index in [9.17, 15) is 8.78 Å². The molecule has 2 saturated heterocycles. The minimum atomic E-state index is -2.91. The van der Waals surface area contributed by atoms with Crippen LogP contribution in [0, 0.1) is 17.6 Å². The Labute approximate surface area is 364 Å². The molecular weight excluding hydrogens is 823 g/mol. The van der Waals surface area contributed by atoms with E-state index in [1.807, 2.05) is 30.9 Å². The number of allylic oxidation sites excluding steroid dienone is 3. The van der Waals surface area contributed by atoms with Gasteiger partial charge in [0.15, 0.2) is 5.82 Å². The molecular formula is C46H54ClF5N10. The number of anilines is 4. The standard InChI is InChI=1S/C46H54ClF5N10/c1-7-28(9-8-26(2)53-4)42-33-18-36(48)32(20-41(33)60(6)58-42)29-11-15-61(16-12-29)23-30-13-17-62(24-38(30)50)45-54-22-35(47)44(57-45)56-39-19-34-40(21-37(39)49)59(5)27(3)31-10-14-46(51,52)25-55-43(31)34/h7,18-22,28-30,38,53,55H,1-3,8-17,23-25H2,4-6H3,(H,54,56,57)/t28?,30-,38-/m0/s1. The molecule has 4 aliphatic rings. The number of aryl methyl sites for hydroxylation is 1. The van der Waals surface area contributed by atoms with Crippen molar-refractivity contribution < 1.29 is 22.0 Å². The number of alkyl halides is 3. The minimum absolute atomic E-state index is 0.0333. The maximum atomic E-state index is 16.0. The highest BCUT2D eigenvalue weighted by atomic mass is 35.5. The molecule has 330 valence electrons. The van der Waals surface area contributed by atoms with Gasteiger partial charge in [0.1, 0.15) is 22.8 Å². The van der Waals surface area contributed by atoms with Crippen LogP contribution in [0.15, 0.2) is 73.2 Å². The van der Waals surface area contributed by atoms with Crippen LogP contribution < -0.4 is 25.8 Å². The van der Waals surface area contributed by atoms with Crippen molar-refractivity contribution in [2.24, 2.45) is 13.0 Å². The highest BCUT2D eigenvalue weighted by Crippen LogP contribution is 2.45. The third-order valence-electron chi connectivity index (χ3n) is 13.2. The first-order valence-electron chi connectivity index (χ1n) is 21.3. The lowest BCUT2D eigenvalue weighted by Crippen LogP contribution is -2.47. The Morgan fingerprint density at radius 3 is 2.60 bits per heavy atom. The summed E-state index contributed by atoms with van der Waals surface area (Å²) in [5, 5.41) is 14.7. The summed E-state index contributed by atoms with van der Waals surface area (Å²) < 4.78 is 78.2. The lowest BCUT2D eigenvalue weighted by molar-refractivity contribution is -0.000419. The van der Waals surface area contributed by atoms with Gasteiger partial charge in [-0.1, -0.05) is 30.8 Å². The molecule has 62 heavy (non-hydrogen) atoms. The van der Waals surface area contributed by atoms with Crippen molar-refractivity contribution in [2.75, 3.05) is 68.5 Å². The predicted octanol–water partition coefficient (Wildman–Crippen LogP) is 9.56. The van der Waals surface area contributed by atoms with E-state index in [-0.39, 0.29) is 65.4 Å². The number of nitrogens with zero attached hydrogens (tertiary/aromatic N) is 7. The molecule has 0 amide bonds. The molecule has 10 nitrogen and oxygen atoms in total. The summed E-state index contributed by atoms with van der Waals surface area (Å²) in [4.78, 5) is 14.7. The maximum absolute atomic E-state index is 16.0. The number of fused-ring (bicyclic) bond motifs is 3. The van der Waals surface area contributed by atoms with E-state index >= 15 is 13.2 Å². The average Bonchev–Trinajstić information content (AvgIpc) is 3.46. The average molecular weight is 877 g/mol. The Balaban J connectivity index is 0.892. The molecule has 4 aromatic rings. The van der Waals surface area contributed by atoms with Gasteiger partial charge in [-0.05, 0) is 86.9 Å². The number of hydrogen-bond acceptors (Lipinski definition) is 9. The van der Waals surface area contributed by atoms with Crippen LogP contribution in [-0.4, -0.2) is 90.1 Å². The van der Waals surface area contributed by atoms with Crippen LogP contribution in [0.1, 0.15) is 73.6 Å². The second-order valence-corrected chi connectivity index (χ2v) is 17.5. The fourth-order valence-corrected chi connectivity index (χ4v) is 9.57. The second kappa shape index (κ2) is 17.5. The van der Waals surface area contributed by atoms with E-state index in [1.165, 1.54) is 12.3 Å². The van der Waals surface area contributed by atoms with E-state index in [2.05, 4.69) is 50.6 Å². The smallest absolute Gasteiger partial charge is 0.265 e. The lowest BCUT2D eigenvalue weighted by Gasteiger charge is -2.39. The Kier molecular flexibility index (Phi) is 12.3. The van der Waals surface area contributed by atoms with Crippen LogP contribution in [0.25, 0.3) is 16.6 Å². The van der Waals surface area contributed by atoms with Gasteiger partial charge < -0.3 is 30.7 Å². The number of benzene rings is 2. The summed E-state index contributed by atoms with van der Waals surface area (Å²) in [6.07, 6.45) is 5.53. The number of piperidine rings is 2. The van der Waals surface area contributed by atoms with Gasteiger partial charge in [0.2, 0.25) is 5.95 Å². The van der Waals surface area contributed by atoms with Gasteiger partial charge in [-0.25, -0.2) is 26.9 Å². The zero-order chi connectivity index (χ0) is 44.0. The van der Waals surface area contributed by atoms with Gasteiger partial charge in [-0.3, -0.25) is 4.68 Å². The van der Waals surface area contributed by atoms with Crippen molar-refractivity contribution in [3.63, 3.8) is 0 Å². The molecule has 3 atom stereocenters. The van der Waals surface area contributed by atoms with Crippen LogP contribution in [0.3, 0.4) is 0 Å². The molecule has 1 unspecified atom stereocenters. The van der Waals surface area contributed by atoms with E-state index < -0.39 is 24.5 Å². The quantitative estimate of drug-likeness (QED) is 0.0952. The fraction of sp³-hybridized carbons (Fsp3) is 0.457. The Bertz CT molecular complexity index is 2420. The molecule has 4 aliphatic heterocycles. The van der Waals surface area contributed by atoms with Crippen molar-refractivity contribution >= 4 is 51.3 Å². The highest BCUT2D eigenvalue weighted by molar-refractivity contribution is 6.33. The number of likely N-dealkylation sites (N-methyl/N-ethyl adjacent to an activating group) is 1. The van der Waals surface area contributed by atoms with Crippen molar-refractivity contribution in [1.82, 2.24) is 35.3 Å². The summed E-state index contributed by atoms with van der Waals surface area (Å²) in [7, 11) is 5.47. The van der Waals surface area contributed by atoms with Gasteiger partial charge in [-0.15, -0.1) is 6.58 Å². The van der Waals surface area contributed by atoms with Crippen molar-refractivity contribution in [2.45, 2.75) is 68.9 Å². The number of rotatable bonds is 12. The molecule has 0 aliphatic carbocycles. The maximum Gasteiger partial charge on any atom is 0.265 e. The third kappa shape index (κ3) is 8.62. The van der Waals surface area contributed by atoms with Crippen molar-refractivity contribution in [3.05, 3.63) is 107 Å². The molecule has 16 heteroatoms. The fourth-order valence-electron chi connectivity index (χ4n) is 9.43. The molecule has 3 N–H and O–H groups in total. The second-order valence-electron chi connectivity index (χ2n) is 17.1. The number of halogens is 6. The van der Waals surface area contributed by atoms with Gasteiger partial charge in [0.05, 0.1) is 41.9 Å². The summed E-state index contributed by atoms with van der Waals surface area (Å²) in [5.41, 5.74) is 6.08. The summed E-state index contributed by atoms with van der Waals surface area (Å²) in [5.74, 6) is -3.54. The molecule has 0 bridgehead atoms. The Hall–Kier alpha value is -5.15. The lowest BCUT2D eigenvalue weighted by atomic mass is 9.86. The molecule has 2 aromatic carbocycles. The monoisotopic (exact) mass is 876 g/mol. The number of hydrogen-bond donors (Lipinski definition) is 3. The first kappa shape index (κ1) is 43.5. The predicted molar refractivity (Wildman–Crippen MR) is 238 cm³/mol. The largest absolute Gasteiger partial charge is 0.392 e. The van der Waals surface area contributed by atoms with Gasteiger partial charge >= 0.3 is 0 Å². The van der Waals surface area contributed by atoms with E-state index in [0.717, 1.165) is 61.1 Å². The summed E-state index contributed by atoms with van der Waals surface area (Å²) in [6.45, 7) is 14.2. The van der Waals surface area contributed by atoms with E-state index in [1.54, 1.807) is 29.0 Å². The topological polar surface area (TPSA) is 89.4 Å². The molecule has 2 aromatic heterocycles. The Morgan fingerprint density at radius 1 is 1.10 bits per heavy atom. The molecule has 2 fully saturated rings. The third-order valence-corrected chi connectivity index (χ3v) is 13.5. The van der Waals surface area contributed by atoms with Crippen molar-refractivity contribution in [1.29, 1.82) is 0 Å². The first-order valence-corrected chi connectivity index (χ1v) is 21.7. The minimum Gasteiger partial charge on any atom is -0.392 e. The van der Waals surface area contributed by atoms with Crippen LogP contribution in [0.2, 0.25) is 5.02 Å². The number of aromatic nitrogens is 4. The first-order chi connectivity index (χ1) is 29.6. The summed E-state index contributed by atoms with van der Waals surface area (Å²) >= 11 is 6.51. The van der Waals surface area contributed by atoms with E-state index in [0.29, 0.717) is 53.3 Å². The SMILES string of the molecule is C=CC(CCC(=C)NC)c1nn(C)c2cc(C3CCN(C[C@@H]4CCN(c5ncc(Cl)c(Nc6cc7c(cc6F)N(C)C(=C)C6=C7NCC(F)(F)CC6)n5)C[C@@H]4F)CC3)c(F)cc12. The highest BCUT2D eigenvalue weighted by Gasteiger charge is 2.37. The van der Waals surface area contributed by atoms with Gasteiger partial charge in [0, 0.05) is 86.6 Å². The van der Waals surface area contributed by atoms with Crippen molar-refractivity contribution in [3.8, 4) is 0 Å². The Morgan fingerprint density at radius 2 is 1.87 bits per heavy atom. The van der Waals surface area contributed by atoms with Gasteiger partial charge in [-0.2, -0.15) is 10.1 Å². The molecule has 8 rings (SSSR count). The zero-order valence-electron chi connectivity index (χ0n) is 35.5. The molecule has 0 radical (unpaired) electrons. The molecule has 6 heterocycles. The molecule has 0 saturated carbocycles. The zero-order valence-corrected chi connectivity index (χ0v) is 36.2. The van der Waals surface area contributed by atoms with E-state index in [4.69, 9.17) is 16.7 Å². The number of nitrogens with one attached hydrogen (secondary N) is 3. The normalized spacial score (nSPS) is 21.3. The van der Waals surface area contributed by atoms with Gasteiger partial charge in [0.25, 0.3) is 5.92 Å². The van der Waals surface area contributed by atoms with Crippen LogP contribution in [0.4, 0.5) is 45.1 Å². The van der Waals surface area contributed by atoms with Crippen LogP contribution >= 0.6 is 11.6 Å². The summed E-state index contributed by atoms with van der Waals surface area (Å²) in [6, 6.07) is 6.47. The van der Waals surface area contributed by atoms with Crippen LogP contribution in [-0.2, 0) is 7.05 Å². The molecule has 0 spiro atoms. The number of likely N-dealkylation sites (tertiary alicyclic amines) is 1.